The highest BCUT2D eigenvalue weighted by Crippen LogP contribution is 2.31. The Morgan fingerprint density at radius 3 is 2.57 bits per heavy atom. The predicted octanol–water partition coefficient (Wildman–Crippen LogP) is 3.91. The molecular formula is C18H27NO3S. The predicted molar refractivity (Wildman–Crippen MR) is 93.6 cm³/mol. The van der Waals surface area contributed by atoms with Crippen LogP contribution in [-0.2, 0) is 10.0 Å². The van der Waals surface area contributed by atoms with Gasteiger partial charge in [0.05, 0.1) is 12.0 Å². The normalized spacial score (nSPS) is 15.6. The molecule has 128 valence electrons. The van der Waals surface area contributed by atoms with Crippen molar-refractivity contribution < 1.29 is 13.2 Å². The van der Waals surface area contributed by atoms with Crippen LogP contribution >= 0.6 is 0 Å². The van der Waals surface area contributed by atoms with Gasteiger partial charge in [0.2, 0.25) is 10.0 Å². The average Bonchev–Trinajstić information content (AvgIpc) is 2.53. The monoisotopic (exact) mass is 337 g/mol. The summed E-state index contributed by atoms with van der Waals surface area (Å²) in [6.07, 6.45) is 6.54. The van der Waals surface area contributed by atoms with Crippen LogP contribution in [0, 0.1) is 6.92 Å². The van der Waals surface area contributed by atoms with Gasteiger partial charge in [-0.3, -0.25) is 0 Å². The molecule has 0 radical (unpaired) electrons. The Labute approximate surface area is 140 Å². The zero-order valence-corrected chi connectivity index (χ0v) is 15.3. The van der Waals surface area contributed by atoms with Crippen molar-refractivity contribution in [3.63, 3.8) is 0 Å². The molecule has 1 aliphatic carbocycles. The molecular weight excluding hydrogens is 310 g/mol. The molecule has 1 aliphatic rings. The van der Waals surface area contributed by atoms with Gasteiger partial charge in [-0.2, -0.15) is 0 Å². The molecule has 0 unspecified atom stereocenters. The molecule has 0 fully saturated rings. The third-order valence-electron chi connectivity index (χ3n) is 4.31. The topological polar surface area (TPSA) is 55.4 Å². The third kappa shape index (κ3) is 4.36. The van der Waals surface area contributed by atoms with Crippen LogP contribution in [0.15, 0.2) is 28.7 Å². The molecule has 0 amide bonds. The molecule has 0 heterocycles. The van der Waals surface area contributed by atoms with Gasteiger partial charge in [0.1, 0.15) is 5.75 Å². The second-order valence-electron chi connectivity index (χ2n) is 6.45. The SMILES string of the molecule is COc1cc(C)c(S(=O)(=O)NCC2=CCCCC2)cc1C(C)C. The Kier molecular flexibility index (Phi) is 5.87. The molecule has 5 heteroatoms. The number of sulfonamides is 1. The first kappa shape index (κ1) is 18.0. The number of methoxy groups -OCH3 is 1. The smallest absolute Gasteiger partial charge is 0.241 e. The summed E-state index contributed by atoms with van der Waals surface area (Å²) in [5, 5.41) is 0. The van der Waals surface area contributed by atoms with Crippen LogP contribution in [-0.4, -0.2) is 22.1 Å². The van der Waals surface area contributed by atoms with Crippen LogP contribution in [0.5, 0.6) is 5.75 Å². The molecule has 1 aromatic carbocycles. The first-order valence-corrected chi connectivity index (χ1v) is 9.69. The quantitative estimate of drug-likeness (QED) is 0.801. The summed E-state index contributed by atoms with van der Waals surface area (Å²) in [5.74, 6) is 0.937. The maximum Gasteiger partial charge on any atom is 0.241 e. The third-order valence-corrected chi connectivity index (χ3v) is 5.86. The van der Waals surface area contributed by atoms with Gasteiger partial charge in [-0.15, -0.1) is 0 Å². The van der Waals surface area contributed by atoms with E-state index in [1.54, 1.807) is 20.1 Å². The van der Waals surface area contributed by atoms with E-state index in [1.807, 2.05) is 19.9 Å². The molecule has 0 bridgehead atoms. The van der Waals surface area contributed by atoms with Crippen molar-refractivity contribution in [1.82, 2.24) is 4.72 Å². The van der Waals surface area contributed by atoms with Crippen LogP contribution < -0.4 is 9.46 Å². The molecule has 23 heavy (non-hydrogen) atoms. The van der Waals surface area contributed by atoms with Crippen molar-refractivity contribution in [2.24, 2.45) is 0 Å². The molecule has 0 aliphatic heterocycles. The molecule has 4 nitrogen and oxygen atoms in total. The minimum Gasteiger partial charge on any atom is -0.496 e. The first-order valence-electron chi connectivity index (χ1n) is 8.21. The fourth-order valence-electron chi connectivity index (χ4n) is 2.93. The van der Waals surface area contributed by atoms with Crippen LogP contribution in [0.2, 0.25) is 0 Å². The van der Waals surface area contributed by atoms with E-state index in [9.17, 15) is 8.42 Å². The number of allylic oxidation sites excluding steroid dienone is 1. The summed E-state index contributed by atoms with van der Waals surface area (Å²) in [4.78, 5) is 0.346. The summed E-state index contributed by atoms with van der Waals surface area (Å²) >= 11 is 0. The zero-order valence-electron chi connectivity index (χ0n) is 14.5. The lowest BCUT2D eigenvalue weighted by Crippen LogP contribution is -2.27. The van der Waals surface area contributed by atoms with Crippen molar-refractivity contribution in [1.29, 1.82) is 0 Å². The van der Waals surface area contributed by atoms with Crippen molar-refractivity contribution in [2.75, 3.05) is 13.7 Å². The van der Waals surface area contributed by atoms with Gasteiger partial charge in [-0.1, -0.05) is 25.5 Å². The number of aryl methyl sites for hydroxylation is 1. The van der Waals surface area contributed by atoms with Crippen molar-refractivity contribution in [3.05, 3.63) is 34.9 Å². The van der Waals surface area contributed by atoms with E-state index in [-0.39, 0.29) is 5.92 Å². The number of benzene rings is 1. The van der Waals surface area contributed by atoms with Gasteiger partial charge in [0.15, 0.2) is 0 Å². The van der Waals surface area contributed by atoms with Gasteiger partial charge in [0, 0.05) is 6.54 Å². The van der Waals surface area contributed by atoms with Gasteiger partial charge >= 0.3 is 0 Å². The van der Waals surface area contributed by atoms with Crippen LogP contribution in [0.4, 0.5) is 0 Å². The fourth-order valence-corrected chi connectivity index (χ4v) is 4.22. The minimum absolute atomic E-state index is 0.195. The number of hydrogen-bond donors (Lipinski definition) is 1. The molecule has 0 atom stereocenters. The summed E-state index contributed by atoms with van der Waals surface area (Å²) in [7, 11) is -1.90. The van der Waals surface area contributed by atoms with Gasteiger partial charge < -0.3 is 4.74 Å². The van der Waals surface area contributed by atoms with E-state index < -0.39 is 10.0 Å². The van der Waals surface area contributed by atoms with E-state index in [0.717, 1.165) is 30.6 Å². The Balaban J connectivity index is 2.28. The summed E-state index contributed by atoms with van der Waals surface area (Å²) < 4.78 is 33.5. The summed E-state index contributed by atoms with van der Waals surface area (Å²) in [6, 6.07) is 3.56. The summed E-state index contributed by atoms with van der Waals surface area (Å²) in [6.45, 7) is 6.28. The molecule has 0 saturated carbocycles. The van der Waals surface area contributed by atoms with Crippen molar-refractivity contribution >= 4 is 10.0 Å². The Hall–Kier alpha value is -1.33. The molecule has 0 spiro atoms. The van der Waals surface area contributed by atoms with E-state index in [4.69, 9.17) is 4.74 Å². The largest absolute Gasteiger partial charge is 0.496 e. The molecule has 0 aromatic heterocycles. The summed E-state index contributed by atoms with van der Waals surface area (Å²) in [5.41, 5.74) is 2.81. The maximum absolute atomic E-state index is 12.7. The molecule has 0 saturated heterocycles. The van der Waals surface area contributed by atoms with Gasteiger partial charge in [-0.25, -0.2) is 13.1 Å². The fraction of sp³-hybridized carbons (Fsp3) is 0.556. The Morgan fingerprint density at radius 1 is 1.26 bits per heavy atom. The molecule has 1 N–H and O–H groups in total. The number of ether oxygens (including phenoxy) is 1. The number of hydrogen-bond acceptors (Lipinski definition) is 3. The second-order valence-corrected chi connectivity index (χ2v) is 8.18. The van der Waals surface area contributed by atoms with E-state index in [0.29, 0.717) is 17.0 Å². The average molecular weight is 337 g/mol. The van der Waals surface area contributed by atoms with Crippen molar-refractivity contribution in [2.45, 2.75) is 57.3 Å². The van der Waals surface area contributed by atoms with E-state index in [2.05, 4.69) is 10.8 Å². The minimum atomic E-state index is -3.52. The number of nitrogens with one attached hydrogen (secondary N) is 1. The molecule has 1 aromatic rings. The van der Waals surface area contributed by atoms with Gasteiger partial charge in [-0.05, 0) is 61.8 Å². The lowest BCUT2D eigenvalue weighted by Gasteiger charge is -2.18. The van der Waals surface area contributed by atoms with Crippen molar-refractivity contribution in [3.8, 4) is 5.75 Å². The Morgan fingerprint density at radius 2 is 2.00 bits per heavy atom. The lowest BCUT2D eigenvalue weighted by molar-refractivity contribution is 0.406. The highest BCUT2D eigenvalue weighted by molar-refractivity contribution is 7.89. The highest BCUT2D eigenvalue weighted by atomic mass is 32.2. The Bertz CT molecular complexity index is 690. The van der Waals surface area contributed by atoms with Gasteiger partial charge in [0.25, 0.3) is 0 Å². The van der Waals surface area contributed by atoms with E-state index >= 15 is 0 Å². The molecule has 2 rings (SSSR count). The van der Waals surface area contributed by atoms with Crippen LogP contribution in [0.25, 0.3) is 0 Å². The maximum atomic E-state index is 12.7. The van der Waals surface area contributed by atoms with Crippen LogP contribution in [0.1, 0.15) is 56.6 Å². The highest BCUT2D eigenvalue weighted by Gasteiger charge is 2.21. The standard InChI is InChI=1S/C18H27NO3S/c1-13(2)16-11-18(14(3)10-17(16)22-4)23(20,21)19-12-15-8-6-5-7-9-15/h8,10-11,13,19H,5-7,9,12H2,1-4H3. The number of rotatable bonds is 6. The van der Waals surface area contributed by atoms with Crippen LogP contribution in [0.3, 0.4) is 0 Å². The van der Waals surface area contributed by atoms with E-state index in [1.165, 1.54) is 12.0 Å². The zero-order chi connectivity index (χ0) is 17.0. The second kappa shape index (κ2) is 7.49. The lowest BCUT2D eigenvalue weighted by atomic mass is 10.0. The first-order chi connectivity index (χ1) is 10.8.